The van der Waals surface area contributed by atoms with Crippen LogP contribution < -0.4 is 11.1 Å². The number of nitrogens with one attached hydrogen (secondary N) is 1. The van der Waals surface area contributed by atoms with E-state index in [4.69, 9.17) is 5.73 Å². The summed E-state index contributed by atoms with van der Waals surface area (Å²) in [4.78, 5) is 15.6. The lowest BCUT2D eigenvalue weighted by Crippen LogP contribution is -2.07. The summed E-state index contributed by atoms with van der Waals surface area (Å²) in [7, 11) is 1.33. The van der Waals surface area contributed by atoms with E-state index in [0.717, 1.165) is 11.3 Å². The van der Waals surface area contributed by atoms with Gasteiger partial charge in [0.1, 0.15) is 0 Å². The Morgan fingerprint density at radius 1 is 1.37 bits per heavy atom. The van der Waals surface area contributed by atoms with E-state index in [-0.39, 0.29) is 0 Å². The molecule has 0 aliphatic carbocycles. The normalized spacial score (nSPS) is 10.0. The molecule has 0 aliphatic heterocycles. The maximum atomic E-state index is 11.6. The Kier molecular flexibility index (Phi) is 3.66. The van der Waals surface area contributed by atoms with Crippen molar-refractivity contribution in [1.29, 1.82) is 0 Å². The van der Waals surface area contributed by atoms with Crippen molar-refractivity contribution in [3.05, 3.63) is 47.8 Å². The molecule has 0 unspecified atom stereocenters. The fraction of sp³-hybridized carbons (Fsp3) is 0.143. The van der Waals surface area contributed by atoms with E-state index in [1.165, 1.54) is 7.11 Å². The third kappa shape index (κ3) is 2.82. The zero-order valence-electron chi connectivity index (χ0n) is 10.8. The lowest BCUT2D eigenvalue weighted by Gasteiger charge is -2.12. The summed E-state index contributed by atoms with van der Waals surface area (Å²) in [6.07, 6.45) is 3.46. The molecular formula is C14H15N3O2. The number of esters is 1. The van der Waals surface area contributed by atoms with Gasteiger partial charge in [0.2, 0.25) is 0 Å². The number of nitrogens with two attached hydrogens (primary N) is 1. The molecule has 5 nitrogen and oxygen atoms in total. The Hall–Kier alpha value is -2.56. The quantitative estimate of drug-likeness (QED) is 0.652. The number of rotatable bonds is 3. The van der Waals surface area contributed by atoms with Crippen molar-refractivity contribution in [2.75, 3.05) is 18.2 Å². The molecular weight excluding hydrogens is 242 g/mol. The third-order valence-corrected chi connectivity index (χ3v) is 2.67. The fourth-order valence-corrected chi connectivity index (χ4v) is 1.74. The molecule has 3 N–H and O–H groups in total. The second kappa shape index (κ2) is 5.39. The molecule has 2 aromatic rings. The molecule has 0 saturated heterocycles. The average Bonchev–Trinajstić information content (AvgIpc) is 2.40. The molecule has 0 spiro atoms. The van der Waals surface area contributed by atoms with Crippen LogP contribution in [0.3, 0.4) is 0 Å². The van der Waals surface area contributed by atoms with Gasteiger partial charge in [-0.1, -0.05) is 6.07 Å². The highest BCUT2D eigenvalue weighted by atomic mass is 16.5. The Bertz CT molecular complexity index is 611. The smallest absolute Gasteiger partial charge is 0.340 e. The summed E-state index contributed by atoms with van der Waals surface area (Å²) in [6, 6.07) is 7.11. The lowest BCUT2D eigenvalue weighted by molar-refractivity contribution is 0.0602. The van der Waals surface area contributed by atoms with E-state index in [9.17, 15) is 4.79 Å². The van der Waals surface area contributed by atoms with Crippen molar-refractivity contribution in [3.8, 4) is 0 Å². The van der Waals surface area contributed by atoms with Gasteiger partial charge in [0.25, 0.3) is 0 Å². The van der Waals surface area contributed by atoms with Gasteiger partial charge in [0.15, 0.2) is 0 Å². The first kappa shape index (κ1) is 12.9. The van der Waals surface area contributed by atoms with Gasteiger partial charge in [0.05, 0.1) is 35.9 Å². The van der Waals surface area contributed by atoms with Crippen molar-refractivity contribution >= 4 is 23.0 Å². The number of anilines is 3. The van der Waals surface area contributed by atoms with Crippen molar-refractivity contribution in [3.63, 3.8) is 0 Å². The van der Waals surface area contributed by atoms with E-state index in [2.05, 4.69) is 15.0 Å². The molecule has 0 aliphatic rings. The molecule has 0 amide bonds. The summed E-state index contributed by atoms with van der Waals surface area (Å²) in [5.74, 6) is -0.455. The first-order valence-electron chi connectivity index (χ1n) is 5.77. The molecule has 98 valence electrons. The molecule has 0 atom stereocenters. The number of hydrogen-bond donors (Lipinski definition) is 2. The number of pyridine rings is 1. The van der Waals surface area contributed by atoms with E-state index >= 15 is 0 Å². The Morgan fingerprint density at radius 3 is 2.84 bits per heavy atom. The topological polar surface area (TPSA) is 77.2 Å². The highest BCUT2D eigenvalue weighted by Crippen LogP contribution is 2.26. The van der Waals surface area contributed by atoms with Crippen LogP contribution in [0.2, 0.25) is 0 Å². The zero-order chi connectivity index (χ0) is 13.8. The van der Waals surface area contributed by atoms with Crippen molar-refractivity contribution in [2.24, 2.45) is 0 Å². The minimum Gasteiger partial charge on any atom is -0.465 e. The number of para-hydroxylation sites is 1. The van der Waals surface area contributed by atoms with Crippen LogP contribution in [-0.2, 0) is 4.74 Å². The highest BCUT2D eigenvalue weighted by Gasteiger charge is 2.12. The molecule has 0 radical (unpaired) electrons. The van der Waals surface area contributed by atoms with Crippen LogP contribution in [0, 0.1) is 6.92 Å². The standard InChI is InChI=1S/C14H15N3O2/c1-9-6-10(8-16-7-9)17-12-5-3-4-11(13(12)15)14(18)19-2/h3-8,17H,15H2,1-2H3. The molecule has 0 fully saturated rings. The van der Waals surface area contributed by atoms with Gasteiger partial charge >= 0.3 is 5.97 Å². The summed E-state index contributed by atoms with van der Waals surface area (Å²) in [6.45, 7) is 1.95. The van der Waals surface area contributed by atoms with Crippen molar-refractivity contribution in [1.82, 2.24) is 4.98 Å². The number of benzene rings is 1. The number of hydrogen-bond acceptors (Lipinski definition) is 5. The minimum atomic E-state index is -0.455. The molecule has 5 heteroatoms. The van der Waals surface area contributed by atoms with E-state index in [0.29, 0.717) is 16.9 Å². The third-order valence-electron chi connectivity index (χ3n) is 2.67. The predicted molar refractivity (Wildman–Crippen MR) is 74.5 cm³/mol. The minimum absolute atomic E-state index is 0.341. The van der Waals surface area contributed by atoms with Gasteiger partial charge in [-0.3, -0.25) is 4.98 Å². The van der Waals surface area contributed by atoms with Crippen LogP contribution in [0.1, 0.15) is 15.9 Å². The Labute approximate surface area is 111 Å². The molecule has 1 heterocycles. The summed E-state index contributed by atoms with van der Waals surface area (Å²) in [5, 5.41) is 3.14. The van der Waals surface area contributed by atoms with E-state index in [1.54, 1.807) is 30.6 Å². The predicted octanol–water partition coefficient (Wildman–Crippen LogP) is 2.50. The van der Waals surface area contributed by atoms with Gasteiger partial charge in [-0.15, -0.1) is 0 Å². The average molecular weight is 257 g/mol. The number of methoxy groups -OCH3 is 1. The molecule has 1 aromatic heterocycles. The van der Waals surface area contributed by atoms with Crippen molar-refractivity contribution in [2.45, 2.75) is 6.92 Å². The van der Waals surface area contributed by atoms with E-state index in [1.807, 2.05) is 13.0 Å². The number of aromatic nitrogens is 1. The first-order chi connectivity index (χ1) is 9.11. The first-order valence-corrected chi connectivity index (χ1v) is 5.77. The van der Waals surface area contributed by atoms with Crippen LogP contribution in [0.5, 0.6) is 0 Å². The van der Waals surface area contributed by atoms with Crippen LogP contribution in [0.4, 0.5) is 17.1 Å². The molecule has 0 saturated carbocycles. The monoisotopic (exact) mass is 257 g/mol. The van der Waals surface area contributed by atoms with Gasteiger partial charge in [-0.05, 0) is 30.7 Å². The summed E-state index contributed by atoms with van der Waals surface area (Å²) in [5.41, 5.74) is 9.16. The van der Waals surface area contributed by atoms with Crippen molar-refractivity contribution < 1.29 is 9.53 Å². The number of aryl methyl sites for hydroxylation is 1. The van der Waals surface area contributed by atoms with Crippen LogP contribution in [0.25, 0.3) is 0 Å². The number of nitrogen functional groups attached to an aromatic ring is 1. The van der Waals surface area contributed by atoms with Gasteiger partial charge < -0.3 is 15.8 Å². The summed E-state index contributed by atoms with van der Waals surface area (Å²) < 4.78 is 4.68. The second-order valence-corrected chi connectivity index (χ2v) is 4.13. The summed E-state index contributed by atoms with van der Waals surface area (Å²) >= 11 is 0. The van der Waals surface area contributed by atoms with Crippen LogP contribution in [0.15, 0.2) is 36.7 Å². The number of carbonyl (C=O) groups is 1. The molecule has 2 rings (SSSR count). The maximum absolute atomic E-state index is 11.6. The molecule has 0 bridgehead atoms. The Morgan fingerprint density at radius 2 is 2.16 bits per heavy atom. The number of carbonyl (C=O) groups excluding carboxylic acids is 1. The molecule has 1 aromatic carbocycles. The Balaban J connectivity index is 2.33. The van der Waals surface area contributed by atoms with Gasteiger partial charge in [-0.25, -0.2) is 4.79 Å². The fourth-order valence-electron chi connectivity index (χ4n) is 1.74. The lowest BCUT2D eigenvalue weighted by atomic mass is 10.1. The molecule has 19 heavy (non-hydrogen) atoms. The highest BCUT2D eigenvalue weighted by molar-refractivity contribution is 5.98. The zero-order valence-corrected chi connectivity index (χ0v) is 10.8. The SMILES string of the molecule is COC(=O)c1cccc(Nc2cncc(C)c2)c1N. The number of ether oxygens (including phenoxy) is 1. The second-order valence-electron chi connectivity index (χ2n) is 4.13. The van der Waals surface area contributed by atoms with Gasteiger partial charge in [-0.2, -0.15) is 0 Å². The van der Waals surface area contributed by atoms with Crippen LogP contribution >= 0.6 is 0 Å². The number of nitrogens with zero attached hydrogens (tertiary/aromatic N) is 1. The van der Waals surface area contributed by atoms with Crippen LogP contribution in [-0.4, -0.2) is 18.1 Å². The maximum Gasteiger partial charge on any atom is 0.340 e. The van der Waals surface area contributed by atoms with Gasteiger partial charge in [0, 0.05) is 6.20 Å². The largest absolute Gasteiger partial charge is 0.465 e. The van der Waals surface area contributed by atoms with E-state index < -0.39 is 5.97 Å².